The minimum Gasteiger partial charge on any atom is -0.372 e. The summed E-state index contributed by atoms with van der Waals surface area (Å²) in [4.78, 5) is 11.0. The molecule has 21 heavy (non-hydrogen) atoms. The zero-order chi connectivity index (χ0) is 15.3. The minimum atomic E-state index is -3.60. The van der Waals surface area contributed by atoms with Gasteiger partial charge in [-0.2, -0.15) is 0 Å². The van der Waals surface area contributed by atoms with Crippen LogP contribution in [0, 0.1) is 0 Å². The average Bonchev–Trinajstić information content (AvgIpc) is 2.97. The molecule has 3 N–H and O–H groups in total. The van der Waals surface area contributed by atoms with Gasteiger partial charge in [-0.3, -0.25) is 0 Å². The van der Waals surface area contributed by atoms with Crippen molar-refractivity contribution in [2.24, 2.45) is 0 Å². The Morgan fingerprint density at radius 3 is 2.81 bits per heavy atom. The highest BCUT2D eigenvalue weighted by molar-refractivity contribution is 7.89. The van der Waals surface area contributed by atoms with Gasteiger partial charge in [0, 0.05) is 38.6 Å². The van der Waals surface area contributed by atoms with E-state index >= 15 is 0 Å². The molecule has 2 aromatic rings. The number of H-pyrrole nitrogens is 1. The van der Waals surface area contributed by atoms with Crippen LogP contribution in [0.3, 0.4) is 0 Å². The molecule has 0 unspecified atom stereocenters. The van der Waals surface area contributed by atoms with E-state index in [4.69, 9.17) is 11.6 Å². The first-order valence-electron chi connectivity index (χ1n) is 6.34. The van der Waals surface area contributed by atoms with Crippen LogP contribution < -0.4 is 10.0 Å². The lowest BCUT2D eigenvalue weighted by atomic mass is 10.3. The normalized spacial score (nSPS) is 11.5. The molecule has 0 atom stereocenters. The van der Waals surface area contributed by atoms with Crippen molar-refractivity contribution in [3.63, 3.8) is 0 Å². The summed E-state index contributed by atoms with van der Waals surface area (Å²) in [5.41, 5.74) is 0. The van der Waals surface area contributed by atoms with Crippen LogP contribution in [0.5, 0.6) is 0 Å². The summed E-state index contributed by atoms with van der Waals surface area (Å²) in [5.74, 6) is 1.27. The van der Waals surface area contributed by atoms with Crippen molar-refractivity contribution >= 4 is 27.4 Å². The molecule has 7 nitrogen and oxygen atoms in total. The number of aromatic nitrogens is 3. The van der Waals surface area contributed by atoms with Gasteiger partial charge in [-0.15, -0.1) is 0 Å². The van der Waals surface area contributed by atoms with Gasteiger partial charge in [0.25, 0.3) is 0 Å². The number of aryl methyl sites for hydroxylation is 1. The summed E-state index contributed by atoms with van der Waals surface area (Å²) in [7, 11) is -1.94. The molecule has 0 radical (unpaired) electrons. The number of aromatic amines is 1. The number of hydrogen-bond donors (Lipinski definition) is 3. The Bertz CT molecular complexity index is 688. The maximum atomic E-state index is 12.1. The number of nitrogens with one attached hydrogen (secondary N) is 3. The molecule has 2 rings (SSSR count). The zero-order valence-corrected chi connectivity index (χ0v) is 13.0. The van der Waals surface area contributed by atoms with Gasteiger partial charge in [0.05, 0.1) is 5.02 Å². The van der Waals surface area contributed by atoms with E-state index in [1.54, 1.807) is 19.4 Å². The van der Waals surface area contributed by atoms with Crippen molar-refractivity contribution in [2.45, 2.75) is 17.7 Å². The van der Waals surface area contributed by atoms with Gasteiger partial charge in [0.1, 0.15) is 16.5 Å². The van der Waals surface area contributed by atoms with Gasteiger partial charge in [-0.25, -0.2) is 23.1 Å². The van der Waals surface area contributed by atoms with Crippen molar-refractivity contribution in [1.29, 1.82) is 0 Å². The minimum absolute atomic E-state index is 0.0458. The molecule has 0 fully saturated rings. The second-order valence-electron chi connectivity index (χ2n) is 4.29. The first-order chi connectivity index (χ1) is 10.0. The van der Waals surface area contributed by atoms with Gasteiger partial charge in [0.2, 0.25) is 10.0 Å². The van der Waals surface area contributed by atoms with Gasteiger partial charge in [-0.05, 0) is 12.5 Å². The monoisotopic (exact) mass is 329 g/mol. The zero-order valence-electron chi connectivity index (χ0n) is 11.4. The fraction of sp³-hybridized carbons (Fsp3) is 0.333. The quantitative estimate of drug-likeness (QED) is 0.667. The summed E-state index contributed by atoms with van der Waals surface area (Å²) in [6.45, 7) is 0.314. The molecular weight excluding hydrogens is 314 g/mol. The van der Waals surface area contributed by atoms with Crippen LogP contribution in [0.2, 0.25) is 5.02 Å². The number of nitrogens with zero attached hydrogens (tertiary/aromatic N) is 2. The predicted molar refractivity (Wildman–Crippen MR) is 80.9 cm³/mol. The maximum absolute atomic E-state index is 12.1. The number of anilines is 1. The van der Waals surface area contributed by atoms with Crippen molar-refractivity contribution < 1.29 is 8.42 Å². The molecule has 2 aromatic heterocycles. The van der Waals surface area contributed by atoms with Gasteiger partial charge in [0.15, 0.2) is 0 Å². The van der Waals surface area contributed by atoms with E-state index in [-0.39, 0.29) is 9.92 Å². The highest BCUT2D eigenvalue weighted by atomic mass is 35.5. The molecule has 0 saturated carbocycles. The molecule has 0 aromatic carbocycles. The van der Waals surface area contributed by atoms with E-state index in [9.17, 15) is 8.42 Å². The number of pyridine rings is 1. The van der Waals surface area contributed by atoms with Crippen LogP contribution in [-0.4, -0.2) is 37.0 Å². The predicted octanol–water partition coefficient (Wildman–Crippen LogP) is 1.41. The summed E-state index contributed by atoms with van der Waals surface area (Å²) in [6, 6.07) is 1.37. The van der Waals surface area contributed by atoms with E-state index in [1.807, 2.05) is 0 Å². The van der Waals surface area contributed by atoms with E-state index in [2.05, 4.69) is 25.0 Å². The Kier molecular flexibility index (Phi) is 5.16. The SMILES string of the molecule is CNc1ncc(S(=O)(=O)NCCCc2ncc[nH]2)cc1Cl. The molecule has 0 bridgehead atoms. The van der Waals surface area contributed by atoms with Crippen LogP contribution in [0.1, 0.15) is 12.2 Å². The van der Waals surface area contributed by atoms with Crippen LogP contribution >= 0.6 is 11.6 Å². The van der Waals surface area contributed by atoms with Crippen LogP contribution in [0.25, 0.3) is 0 Å². The molecule has 0 aliphatic carbocycles. The molecule has 114 valence electrons. The number of sulfonamides is 1. The summed E-state index contributed by atoms with van der Waals surface area (Å²) in [6.07, 6.45) is 5.98. The van der Waals surface area contributed by atoms with E-state index < -0.39 is 10.0 Å². The summed E-state index contributed by atoms with van der Waals surface area (Å²) in [5, 5.41) is 3.03. The third-order valence-electron chi connectivity index (χ3n) is 2.80. The third kappa shape index (κ3) is 4.16. The average molecular weight is 330 g/mol. The van der Waals surface area contributed by atoms with Crippen molar-refractivity contribution in [2.75, 3.05) is 18.9 Å². The molecule has 2 heterocycles. The van der Waals surface area contributed by atoms with Gasteiger partial charge in [-0.1, -0.05) is 11.6 Å². The highest BCUT2D eigenvalue weighted by Gasteiger charge is 2.15. The Labute approximate surface area is 128 Å². The number of imidazole rings is 1. The standard InChI is InChI=1S/C12H16ClN5O2S/c1-14-12-10(13)7-9(8-17-12)21(19,20)18-4-2-3-11-15-5-6-16-11/h5-8,18H,2-4H2,1H3,(H,14,17)(H,15,16). The van der Waals surface area contributed by atoms with E-state index in [0.717, 1.165) is 5.82 Å². The second kappa shape index (κ2) is 6.88. The largest absolute Gasteiger partial charge is 0.372 e. The van der Waals surface area contributed by atoms with Crippen molar-refractivity contribution in [1.82, 2.24) is 19.7 Å². The van der Waals surface area contributed by atoms with Gasteiger partial charge < -0.3 is 10.3 Å². The first kappa shape index (κ1) is 15.7. The Morgan fingerprint density at radius 2 is 2.19 bits per heavy atom. The maximum Gasteiger partial charge on any atom is 0.242 e. The second-order valence-corrected chi connectivity index (χ2v) is 6.46. The number of hydrogen-bond acceptors (Lipinski definition) is 5. The molecule has 9 heteroatoms. The Hall–Kier alpha value is -1.64. The van der Waals surface area contributed by atoms with E-state index in [1.165, 1.54) is 12.3 Å². The first-order valence-corrected chi connectivity index (χ1v) is 8.20. The number of rotatable bonds is 7. The fourth-order valence-electron chi connectivity index (χ4n) is 1.73. The molecule has 0 saturated heterocycles. The Balaban J connectivity index is 1.93. The lowest BCUT2D eigenvalue weighted by Gasteiger charge is -2.08. The smallest absolute Gasteiger partial charge is 0.242 e. The van der Waals surface area contributed by atoms with E-state index in [0.29, 0.717) is 25.2 Å². The topological polar surface area (TPSA) is 99.8 Å². The van der Waals surface area contributed by atoms with Crippen molar-refractivity contribution in [3.05, 3.63) is 35.5 Å². The lowest BCUT2D eigenvalue weighted by molar-refractivity contribution is 0.578. The fourth-order valence-corrected chi connectivity index (χ4v) is 3.10. The number of halogens is 1. The molecule has 0 amide bonds. The molecule has 0 aliphatic rings. The van der Waals surface area contributed by atoms with Gasteiger partial charge >= 0.3 is 0 Å². The van der Waals surface area contributed by atoms with Crippen LogP contribution in [0.15, 0.2) is 29.6 Å². The lowest BCUT2D eigenvalue weighted by Crippen LogP contribution is -2.25. The highest BCUT2D eigenvalue weighted by Crippen LogP contribution is 2.21. The van der Waals surface area contributed by atoms with Crippen molar-refractivity contribution in [3.8, 4) is 0 Å². The summed E-state index contributed by atoms with van der Waals surface area (Å²) < 4.78 is 26.7. The third-order valence-corrected chi connectivity index (χ3v) is 4.52. The molecular formula is C12H16ClN5O2S. The molecule has 0 aliphatic heterocycles. The van der Waals surface area contributed by atoms with Crippen LogP contribution in [0.4, 0.5) is 5.82 Å². The Morgan fingerprint density at radius 1 is 1.38 bits per heavy atom. The van der Waals surface area contributed by atoms with Crippen LogP contribution in [-0.2, 0) is 16.4 Å². The molecule has 0 spiro atoms. The summed E-state index contributed by atoms with van der Waals surface area (Å²) >= 11 is 5.93.